The van der Waals surface area contributed by atoms with E-state index in [4.69, 9.17) is 16.7 Å². The minimum atomic E-state index is -1.06. The molecule has 0 amide bonds. The Bertz CT molecular complexity index is 168. The lowest BCUT2D eigenvalue weighted by Gasteiger charge is -2.07. The van der Waals surface area contributed by atoms with Gasteiger partial charge in [0.05, 0.1) is 5.88 Å². The molecule has 3 nitrogen and oxygen atoms in total. The van der Waals surface area contributed by atoms with Crippen molar-refractivity contribution < 1.29 is 14.7 Å². The number of ketones is 1. The molecule has 4 heteroatoms. The molecule has 0 saturated heterocycles. The van der Waals surface area contributed by atoms with Crippen molar-refractivity contribution in [3.8, 4) is 0 Å². The molecule has 0 aliphatic heterocycles. The molecule has 12 heavy (non-hydrogen) atoms. The summed E-state index contributed by atoms with van der Waals surface area (Å²) in [5.74, 6) is -2.56. The minimum Gasteiger partial charge on any atom is -0.481 e. The van der Waals surface area contributed by atoms with E-state index in [1.54, 1.807) is 0 Å². The molecule has 0 aliphatic carbocycles. The average molecular weight is 193 g/mol. The molecule has 1 unspecified atom stereocenters. The zero-order chi connectivity index (χ0) is 9.56. The third-order valence-electron chi connectivity index (χ3n) is 1.66. The molecule has 0 aromatic rings. The van der Waals surface area contributed by atoms with Gasteiger partial charge in [-0.25, -0.2) is 0 Å². The van der Waals surface area contributed by atoms with Crippen LogP contribution in [0.2, 0.25) is 0 Å². The Labute approximate surface area is 76.7 Å². The van der Waals surface area contributed by atoms with E-state index in [-0.39, 0.29) is 5.88 Å². The number of Topliss-reactive ketones (excluding diaryl/α,β-unsaturated/α-hetero) is 1. The van der Waals surface area contributed by atoms with Crippen LogP contribution in [0.3, 0.4) is 0 Å². The molecule has 0 fully saturated rings. The lowest BCUT2D eigenvalue weighted by Crippen LogP contribution is -2.24. The summed E-state index contributed by atoms with van der Waals surface area (Å²) in [6, 6.07) is 0. The normalized spacial score (nSPS) is 12.5. The number of hydrogen-bond acceptors (Lipinski definition) is 2. The second-order valence-electron chi connectivity index (χ2n) is 2.63. The lowest BCUT2D eigenvalue weighted by atomic mass is 9.99. The maximum Gasteiger partial charge on any atom is 0.314 e. The first-order chi connectivity index (χ1) is 5.63. The second kappa shape index (κ2) is 6.00. The maximum atomic E-state index is 10.9. The molecule has 0 bridgehead atoms. The molecular formula is C8H13ClO3. The summed E-state index contributed by atoms with van der Waals surface area (Å²) in [5, 5.41) is 8.62. The summed E-state index contributed by atoms with van der Waals surface area (Å²) >= 11 is 5.26. The lowest BCUT2D eigenvalue weighted by molar-refractivity contribution is -0.145. The van der Waals surface area contributed by atoms with Crippen molar-refractivity contribution in [3.63, 3.8) is 0 Å². The number of hydrogen-bond donors (Lipinski definition) is 1. The number of rotatable bonds is 6. The van der Waals surface area contributed by atoms with Gasteiger partial charge in [-0.15, -0.1) is 11.6 Å². The zero-order valence-corrected chi connectivity index (χ0v) is 7.80. The maximum absolute atomic E-state index is 10.9. The van der Waals surface area contributed by atoms with Gasteiger partial charge in [-0.1, -0.05) is 19.8 Å². The smallest absolute Gasteiger partial charge is 0.314 e. The van der Waals surface area contributed by atoms with Crippen molar-refractivity contribution in [3.05, 3.63) is 0 Å². The van der Waals surface area contributed by atoms with Crippen molar-refractivity contribution in [1.82, 2.24) is 0 Å². The van der Waals surface area contributed by atoms with Crippen LogP contribution in [0.4, 0.5) is 0 Å². The SMILES string of the molecule is CCCCC(C(=O)O)C(=O)CCl. The largest absolute Gasteiger partial charge is 0.481 e. The quantitative estimate of drug-likeness (QED) is 0.515. The number of carboxylic acids is 1. The van der Waals surface area contributed by atoms with E-state index >= 15 is 0 Å². The van der Waals surface area contributed by atoms with Crippen LogP contribution in [0.15, 0.2) is 0 Å². The van der Waals surface area contributed by atoms with Crippen molar-refractivity contribution >= 4 is 23.4 Å². The number of unbranched alkanes of at least 4 members (excludes halogenated alkanes) is 1. The van der Waals surface area contributed by atoms with Crippen LogP contribution in [0.25, 0.3) is 0 Å². The Kier molecular flexibility index (Phi) is 5.72. The molecule has 0 aromatic heterocycles. The molecule has 1 N–H and O–H groups in total. The molecule has 1 atom stereocenters. The second-order valence-corrected chi connectivity index (χ2v) is 2.90. The number of carbonyl (C=O) groups is 2. The van der Waals surface area contributed by atoms with Gasteiger partial charge >= 0.3 is 5.97 Å². The number of halogens is 1. The number of aliphatic carboxylic acids is 1. The van der Waals surface area contributed by atoms with Crippen molar-refractivity contribution in [1.29, 1.82) is 0 Å². The average Bonchev–Trinajstić information content (AvgIpc) is 2.04. The number of carboxylic acid groups (broad SMARTS) is 1. The van der Waals surface area contributed by atoms with Crippen LogP contribution < -0.4 is 0 Å². The van der Waals surface area contributed by atoms with Crippen molar-refractivity contribution in [2.45, 2.75) is 26.2 Å². The standard InChI is InChI=1S/C8H13ClO3/c1-2-3-4-6(8(11)12)7(10)5-9/h6H,2-5H2,1H3,(H,11,12). The first-order valence-electron chi connectivity index (χ1n) is 3.95. The highest BCUT2D eigenvalue weighted by Gasteiger charge is 2.23. The highest BCUT2D eigenvalue weighted by Crippen LogP contribution is 2.10. The van der Waals surface area contributed by atoms with E-state index in [0.29, 0.717) is 6.42 Å². The van der Waals surface area contributed by atoms with Crippen molar-refractivity contribution in [2.24, 2.45) is 5.92 Å². The van der Waals surface area contributed by atoms with Crippen molar-refractivity contribution in [2.75, 3.05) is 5.88 Å². The van der Waals surface area contributed by atoms with Gasteiger partial charge in [0.2, 0.25) is 0 Å². The summed E-state index contributed by atoms with van der Waals surface area (Å²) in [7, 11) is 0. The summed E-state index contributed by atoms with van der Waals surface area (Å²) < 4.78 is 0. The van der Waals surface area contributed by atoms with Gasteiger partial charge in [-0.2, -0.15) is 0 Å². The Hall–Kier alpha value is -0.570. The zero-order valence-electron chi connectivity index (χ0n) is 7.05. The third kappa shape index (κ3) is 3.72. The van der Waals surface area contributed by atoms with Crippen LogP contribution in [0.5, 0.6) is 0 Å². The van der Waals surface area contributed by atoms with Crippen LogP contribution >= 0.6 is 11.6 Å². The highest BCUT2D eigenvalue weighted by molar-refractivity contribution is 6.29. The topological polar surface area (TPSA) is 54.4 Å². The van der Waals surface area contributed by atoms with Crippen LogP contribution in [-0.2, 0) is 9.59 Å². The number of alkyl halides is 1. The van der Waals surface area contributed by atoms with Gasteiger partial charge < -0.3 is 5.11 Å². The molecule has 0 spiro atoms. The highest BCUT2D eigenvalue weighted by atomic mass is 35.5. The predicted octanol–water partition coefficient (Wildman–Crippen LogP) is 1.69. The Morgan fingerprint density at radius 1 is 1.50 bits per heavy atom. The summed E-state index contributed by atoms with van der Waals surface area (Å²) in [6.07, 6.45) is 2.04. The Morgan fingerprint density at radius 3 is 2.42 bits per heavy atom. The summed E-state index contributed by atoms with van der Waals surface area (Å²) in [6.45, 7) is 1.95. The van der Waals surface area contributed by atoms with E-state index in [0.717, 1.165) is 12.8 Å². The fourth-order valence-electron chi connectivity index (χ4n) is 0.924. The van der Waals surface area contributed by atoms with Gasteiger partial charge in [0.25, 0.3) is 0 Å². The third-order valence-corrected chi connectivity index (χ3v) is 1.93. The Morgan fingerprint density at radius 2 is 2.08 bits per heavy atom. The molecule has 0 radical (unpaired) electrons. The molecule has 70 valence electrons. The van der Waals surface area contributed by atoms with E-state index in [2.05, 4.69) is 0 Å². The van der Waals surface area contributed by atoms with E-state index in [1.165, 1.54) is 0 Å². The molecule has 0 rings (SSSR count). The van der Waals surface area contributed by atoms with Crippen LogP contribution in [0.1, 0.15) is 26.2 Å². The fraction of sp³-hybridized carbons (Fsp3) is 0.750. The first-order valence-corrected chi connectivity index (χ1v) is 4.48. The number of carbonyl (C=O) groups excluding carboxylic acids is 1. The van der Waals surface area contributed by atoms with Gasteiger partial charge in [-0.05, 0) is 6.42 Å². The van der Waals surface area contributed by atoms with Gasteiger partial charge in [0, 0.05) is 0 Å². The van der Waals surface area contributed by atoms with Crippen LogP contribution in [0, 0.1) is 5.92 Å². The molecule has 0 saturated carbocycles. The van der Waals surface area contributed by atoms with Crippen LogP contribution in [-0.4, -0.2) is 22.7 Å². The molecule has 0 aromatic carbocycles. The Balaban J connectivity index is 4.04. The van der Waals surface area contributed by atoms with Gasteiger partial charge in [0.15, 0.2) is 5.78 Å². The van der Waals surface area contributed by atoms with Gasteiger partial charge in [0.1, 0.15) is 5.92 Å². The van der Waals surface area contributed by atoms with E-state index in [1.807, 2.05) is 6.92 Å². The first kappa shape index (κ1) is 11.4. The molecular weight excluding hydrogens is 180 g/mol. The monoisotopic (exact) mass is 192 g/mol. The summed E-state index contributed by atoms with van der Waals surface area (Å²) in [5.41, 5.74) is 0. The predicted molar refractivity (Wildman–Crippen MR) is 46.4 cm³/mol. The minimum absolute atomic E-state index is 0.208. The molecule has 0 aliphatic rings. The van der Waals surface area contributed by atoms with Gasteiger partial charge in [-0.3, -0.25) is 9.59 Å². The van der Waals surface area contributed by atoms with E-state index in [9.17, 15) is 9.59 Å². The molecule has 0 heterocycles. The summed E-state index contributed by atoms with van der Waals surface area (Å²) in [4.78, 5) is 21.5. The fourth-order valence-corrected chi connectivity index (χ4v) is 1.11. The van der Waals surface area contributed by atoms with E-state index < -0.39 is 17.7 Å².